The van der Waals surface area contributed by atoms with Crippen LogP contribution in [-0.2, 0) is 21.6 Å². The standard InChI is InChI=1S/C28H27NO3/c1-2-16-28(18-25(30)31)27-23(15-17-32-28)26-22(9-6-10-24(26)29-27)21-13-11-20(12-14-21)19-7-4-3-5-8-19/h3-14,29H,2,15-18H2,1H3,(H,30,31)/t28-/m1/s1. The Morgan fingerprint density at radius 3 is 2.41 bits per heavy atom. The van der Waals surface area contributed by atoms with Crippen LogP contribution >= 0.6 is 0 Å². The summed E-state index contributed by atoms with van der Waals surface area (Å²) in [6, 6.07) is 25.3. The average molecular weight is 426 g/mol. The van der Waals surface area contributed by atoms with Crippen LogP contribution in [0.1, 0.15) is 37.4 Å². The third-order valence-electron chi connectivity index (χ3n) is 6.51. The van der Waals surface area contributed by atoms with Crippen LogP contribution in [0, 0.1) is 0 Å². The molecule has 0 radical (unpaired) electrons. The quantitative estimate of drug-likeness (QED) is 0.368. The fourth-order valence-corrected chi connectivity index (χ4v) is 5.16. The number of carbonyl (C=O) groups is 1. The minimum Gasteiger partial charge on any atom is -0.481 e. The van der Waals surface area contributed by atoms with Crippen molar-refractivity contribution >= 4 is 16.9 Å². The van der Waals surface area contributed by atoms with E-state index in [1.807, 2.05) is 6.07 Å². The Labute approximate surface area is 187 Å². The van der Waals surface area contributed by atoms with Gasteiger partial charge in [-0.3, -0.25) is 4.79 Å². The molecule has 0 fully saturated rings. The highest BCUT2D eigenvalue weighted by Gasteiger charge is 2.41. The van der Waals surface area contributed by atoms with Crippen molar-refractivity contribution in [2.24, 2.45) is 0 Å². The molecule has 4 aromatic rings. The fourth-order valence-electron chi connectivity index (χ4n) is 5.16. The van der Waals surface area contributed by atoms with E-state index in [0.29, 0.717) is 13.0 Å². The van der Waals surface area contributed by atoms with Gasteiger partial charge in [-0.25, -0.2) is 0 Å². The molecule has 2 heterocycles. The molecule has 0 spiro atoms. The summed E-state index contributed by atoms with van der Waals surface area (Å²) in [5.41, 5.74) is 7.10. The minimum absolute atomic E-state index is 0.0260. The molecule has 2 N–H and O–H groups in total. The first-order valence-electron chi connectivity index (χ1n) is 11.3. The molecule has 4 nitrogen and oxygen atoms in total. The largest absolute Gasteiger partial charge is 0.481 e. The van der Waals surface area contributed by atoms with Crippen molar-refractivity contribution < 1.29 is 14.6 Å². The second-order valence-electron chi connectivity index (χ2n) is 8.56. The number of aliphatic carboxylic acids is 1. The molecule has 1 atom stereocenters. The van der Waals surface area contributed by atoms with Crippen molar-refractivity contribution in [1.82, 2.24) is 4.98 Å². The molecule has 1 aliphatic heterocycles. The molecule has 0 unspecified atom stereocenters. The highest BCUT2D eigenvalue weighted by molar-refractivity contribution is 5.99. The monoisotopic (exact) mass is 425 g/mol. The second kappa shape index (κ2) is 8.29. The van der Waals surface area contributed by atoms with E-state index in [-0.39, 0.29) is 6.42 Å². The van der Waals surface area contributed by atoms with Crippen LogP contribution in [0.25, 0.3) is 33.2 Å². The van der Waals surface area contributed by atoms with Gasteiger partial charge in [0.05, 0.1) is 18.7 Å². The topological polar surface area (TPSA) is 62.3 Å². The molecular formula is C28H27NO3. The van der Waals surface area contributed by atoms with Crippen LogP contribution in [-0.4, -0.2) is 22.7 Å². The number of aromatic nitrogens is 1. The Morgan fingerprint density at radius 2 is 1.69 bits per heavy atom. The lowest BCUT2D eigenvalue weighted by atomic mass is 9.84. The van der Waals surface area contributed by atoms with Gasteiger partial charge in [0.1, 0.15) is 5.60 Å². The summed E-state index contributed by atoms with van der Waals surface area (Å²) < 4.78 is 6.17. The number of aromatic amines is 1. The normalized spacial score (nSPS) is 17.9. The van der Waals surface area contributed by atoms with Crippen LogP contribution in [0.2, 0.25) is 0 Å². The predicted molar refractivity (Wildman–Crippen MR) is 128 cm³/mol. The van der Waals surface area contributed by atoms with Gasteiger partial charge < -0.3 is 14.8 Å². The molecule has 0 amide bonds. The van der Waals surface area contributed by atoms with Gasteiger partial charge in [-0.15, -0.1) is 0 Å². The maximum atomic E-state index is 11.7. The maximum Gasteiger partial charge on any atom is 0.306 e. The van der Waals surface area contributed by atoms with Gasteiger partial charge in [0.15, 0.2) is 0 Å². The van der Waals surface area contributed by atoms with E-state index in [1.165, 1.54) is 27.6 Å². The summed E-state index contributed by atoms with van der Waals surface area (Å²) in [6.45, 7) is 2.61. The number of carboxylic acids is 1. The van der Waals surface area contributed by atoms with Gasteiger partial charge in [-0.2, -0.15) is 0 Å². The Kier molecular flexibility index (Phi) is 5.32. The third kappa shape index (κ3) is 3.51. The summed E-state index contributed by atoms with van der Waals surface area (Å²) in [4.78, 5) is 15.3. The molecule has 4 heteroatoms. The van der Waals surface area contributed by atoms with Gasteiger partial charge in [-0.1, -0.05) is 80.1 Å². The number of carboxylic acid groups (broad SMARTS) is 1. The van der Waals surface area contributed by atoms with Crippen molar-refractivity contribution in [2.75, 3.05) is 6.61 Å². The highest BCUT2D eigenvalue weighted by Crippen LogP contribution is 2.44. The zero-order valence-corrected chi connectivity index (χ0v) is 18.2. The molecule has 1 aliphatic rings. The lowest BCUT2D eigenvalue weighted by Crippen LogP contribution is -2.37. The van der Waals surface area contributed by atoms with Crippen molar-refractivity contribution in [3.63, 3.8) is 0 Å². The number of nitrogens with one attached hydrogen (secondary N) is 1. The number of ether oxygens (including phenoxy) is 1. The van der Waals surface area contributed by atoms with Crippen LogP contribution in [0.4, 0.5) is 0 Å². The highest BCUT2D eigenvalue weighted by atomic mass is 16.5. The molecule has 3 aromatic carbocycles. The summed E-state index contributed by atoms with van der Waals surface area (Å²) in [5, 5.41) is 10.8. The first-order chi connectivity index (χ1) is 15.6. The molecule has 5 rings (SSSR count). The maximum absolute atomic E-state index is 11.7. The number of rotatable bonds is 6. The first-order valence-corrected chi connectivity index (χ1v) is 11.3. The van der Waals surface area contributed by atoms with Gasteiger partial charge >= 0.3 is 5.97 Å². The molecule has 1 aromatic heterocycles. The van der Waals surface area contributed by atoms with Crippen molar-refractivity contribution in [2.45, 2.75) is 38.2 Å². The van der Waals surface area contributed by atoms with E-state index >= 15 is 0 Å². The van der Waals surface area contributed by atoms with E-state index in [1.54, 1.807) is 0 Å². The average Bonchev–Trinajstić information content (AvgIpc) is 3.20. The predicted octanol–water partition coefficient (Wildman–Crippen LogP) is 6.54. The summed E-state index contributed by atoms with van der Waals surface area (Å²) in [7, 11) is 0. The van der Waals surface area contributed by atoms with Gasteiger partial charge in [0, 0.05) is 10.9 Å². The van der Waals surface area contributed by atoms with Crippen LogP contribution in [0.5, 0.6) is 0 Å². The summed E-state index contributed by atoms with van der Waals surface area (Å²) in [6.07, 6.45) is 2.29. The molecule has 32 heavy (non-hydrogen) atoms. The Morgan fingerprint density at radius 1 is 0.969 bits per heavy atom. The SMILES string of the molecule is CCC[C@]1(CC(=O)O)OCCc2c1[nH]c1cccc(-c3ccc(-c4ccccc4)cc3)c21. The minimum atomic E-state index is -0.832. The van der Waals surface area contributed by atoms with E-state index in [4.69, 9.17) is 4.74 Å². The Hall–Kier alpha value is -3.37. The van der Waals surface area contributed by atoms with Gasteiger partial charge in [0.25, 0.3) is 0 Å². The summed E-state index contributed by atoms with van der Waals surface area (Å²) >= 11 is 0. The van der Waals surface area contributed by atoms with Crippen molar-refractivity contribution in [1.29, 1.82) is 0 Å². The molecule has 162 valence electrons. The zero-order valence-electron chi connectivity index (χ0n) is 18.2. The van der Waals surface area contributed by atoms with Crippen molar-refractivity contribution in [3.8, 4) is 22.3 Å². The second-order valence-corrected chi connectivity index (χ2v) is 8.56. The smallest absolute Gasteiger partial charge is 0.306 e. The van der Waals surface area contributed by atoms with Crippen LogP contribution in [0.3, 0.4) is 0 Å². The number of benzene rings is 3. The van der Waals surface area contributed by atoms with Crippen molar-refractivity contribution in [3.05, 3.63) is 84.1 Å². The number of H-pyrrole nitrogens is 1. The van der Waals surface area contributed by atoms with Gasteiger partial charge in [-0.05, 0) is 46.7 Å². The third-order valence-corrected chi connectivity index (χ3v) is 6.51. The molecular weight excluding hydrogens is 398 g/mol. The molecule has 0 saturated carbocycles. The number of fused-ring (bicyclic) bond motifs is 3. The van der Waals surface area contributed by atoms with E-state index < -0.39 is 11.6 Å². The van der Waals surface area contributed by atoms with E-state index in [2.05, 4.69) is 78.6 Å². The zero-order chi connectivity index (χ0) is 22.1. The molecule has 0 bridgehead atoms. The summed E-state index contributed by atoms with van der Waals surface area (Å²) in [5.74, 6) is -0.832. The fraction of sp³-hybridized carbons (Fsp3) is 0.250. The molecule has 0 aliphatic carbocycles. The Balaban J connectivity index is 1.63. The van der Waals surface area contributed by atoms with E-state index in [0.717, 1.165) is 29.6 Å². The van der Waals surface area contributed by atoms with Crippen LogP contribution in [0.15, 0.2) is 72.8 Å². The number of hydrogen-bond donors (Lipinski definition) is 2. The number of hydrogen-bond acceptors (Lipinski definition) is 2. The van der Waals surface area contributed by atoms with E-state index in [9.17, 15) is 9.90 Å². The first kappa shape index (κ1) is 20.5. The lowest BCUT2D eigenvalue weighted by molar-refractivity contribution is -0.149. The lowest BCUT2D eigenvalue weighted by Gasteiger charge is -2.36. The molecule has 0 saturated heterocycles. The van der Waals surface area contributed by atoms with Gasteiger partial charge in [0.2, 0.25) is 0 Å². The van der Waals surface area contributed by atoms with Crippen LogP contribution < -0.4 is 0 Å². The Bertz CT molecular complexity index is 1260.